The fourth-order valence-corrected chi connectivity index (χ4v) is 1.44. The summed E-state index contributed by atoms with van der Waals surface area (Å²) in [5, 5.41) is 17.3. The van der Waals surface area contributed by atoms with Gasteiger partial charge in [0, 0.05) is 0 Å². The Bertz CT molecular complexity index is 215. The first-order valence-electron chi connectivity index (χ1n) is 3.31. The van der Waals surface area contributed by atoms with Crippen LogP contribution in [0.4, 0.5) is 0 Å². The van der Waals surface area contributed by atoms with Crippen LogP contribution in [0.5, 0.6) is 0 Å². The summed E-state index contributed by atoms with van der Waals surface area (Å²) in [4.78, 5) is 21.1. The molecule has 0 bridgehead atoms. The molecular weight excluding hydrogens is 148 g/mol. The van der Waals surface area contributed by atoms with E-state index in [1.54, 1.807) is 13.8 Å². The average molecular weight is 158 g/mol. The zero-order valence-electron chi connectivity index (χ0n) is 6.42. The van der Waals surface area contributed by atoms with Crippen LogP contribution in [0.3, 0.4) is 0 Å². The van der Waals surface area contributed by atoms with Gasteiger partial charge in [0.2, 0.25) is 0 Å². The molecule has 0 aromatic heterocycles. The molecule has 0 aromatic rings. The molecule has 0 amide bonds. The first-order chi connectivity index (χ1) is 4.84. The van der Waals surface area contributed by atoms with E-state index in [0.29, 0.717) is 0 Å². The summed E-state index contributed by atoms with van der Waals surface area (Å²) in [6.45, 7) is 3.30. The van der Waals surface area contributed by atoms with Gasteiger partial charge in [-0.15, -0.1) is 0 Å². The van der Waals surface area contributed by atoms with Crippen LogP contribution in [0, 0.1) is 10.8 Å². The zero-order valence-corrected chi connectivity index (χ0v) is 6.42. The highest BCUT2D eigenvalue weighted by Gasteiger charge is 2.72. The molecule has 4 heteroatoms. The quantitative estimate of drug-likeness (QED) is 0.576. The van der Waals surface area contributed by atoms with Crippen molar-refractivity contribution in [2.24, 2.45) is 10.8 Å². The highest BCUT2D eigenvalue weighted by Crippen LogP contribution is 2.63. The summed E-state index contributed by atoms with van der Waals surface area (Å²) >= 11 is 0. The van der Waals surface area contributed by atoms with E-state index < -0.39 is 22.8 Å². The summed E-state index contributed by atoms with van der Waals surface area (Å²) in [7, 11) is 0. The molecule has 62 valence electrons. The Morgan fingerprint density at radius 1 is 1.18 bits per heavy atom. The molecule has 1 rings (SSSR count). The van der Waals surface area contributed by atoms with Crippen molar-refractivity contribution in [3.63, 3.8) is 0 Å². The maximum atomic E-state index is 10.6. The van der Waals surface area contributed by atoms with Gasteiger partial charge in [0.25, 0.3) is 0 Å². The van der Waals surface area contributed by atoms with Crippen molar-refractivity contribution in [3.8, 4) is 0 Å². The van der Waals surface area contributed by atoms with Gasteiger partial charge >= 0.3 is 11.9 Å². The zero-order chi connectivity index (χ0) is 8.86. The lowest BCUT2D eigenvalue weighted by Crippen LogP contribution is -2.29. The Kier molecular flexibility index (Phi) is 1.28. The van der Waals surface area contributed by atoms with Crippen molar-refractivity contribution in [2.75, 3.05) is 0 Å². The van der Waals surface area contributed by atoms with E-state index in [4.69, 9.17) is 10.2 Å². The Labute approximate surface area is 63.8 Å². The second kappa shape index (κ2) is 1.75. The molecule has 0 aliphatic heterocycles. The highest BCUT2D eigenvalue weighted by atomic mass is 16.4. The van der Waals surface area contributed by atoms with E-state index in [2.05, 4.69) is 0 Å². The highest BCUT2D eigenvalue weighted by molar-refractivity contribution is 6.03. The third-order valence-electron chi connectivity index (χ3n) is 2.47. The monoisotopic (exact) mass is 158 g/mol. The van der Waals surface area contributed by atoms with Gasteiger partial charge in [-0.25, -0.2) is 0 Å². The normalized spacial score (nSPS) is 24.2. The molecule has 0 aromatic carbocycles. The van der Waals surface area contributed by atoms with Crippen LogP contribution in [0.1, 0.15) is 20.3 Å². The predicted molar refractivity (Wildman–Crippen MR) is 36.1 cm³/mol. The topological polar surface area (TPSA) is 74.6 Å². The number of hydrogen-bond acceptors (Lipinski definition) is 2. The van der Waals surface area contributed by atoms with Crippen molar-refractivity contribution in [2.45, 2.75) is 20.3 Å². The van der Waals surface area contributed by atoms with Crippen LogP contribution < -0.4 is 0 Å². The second-order valence-corrected chi connectivity index (χ2v) is 3.58. The van der Waals surface area contributed by atoms with Crippen LogP contribution in [-0.2, 0) is 9.59 Å². The molecule has 0 unspecified atom stereocenters. The summed E-state index contributed by atoms with van der Waals surface area (Å²) in [6.07, 6.45) is 0.227. The molecule has 0 heterocycles. The predicted octanol–water partition coefficient (Wildman–Crippen LogP) is 0.572. The molecule has 0 spiro atoms. The summed E-state index contributed by atoms with van der Waals surface area (Å²) in [5.41, 5.74) is -2.11. The van der Waals surface area contributed by atoms with Crippen molar-refractivity contribution >= 4 is 11.9 Å². The number of rotatable bonds is 2. The average Bonchev–Trinajstić information content (AvgIpc) is 2.35. The van der Waals surface area contributed by atoms with Gasteiger partial charge in [0.15, 0.2) is 5.41 Å². The van der Waals surface area contributed by atoms with Crippen LogP contribution in [-0.4, -0.2) is 22.2 Å². The smallest absolute Gasteiger partial charge is 0.321 e. The molecule has 0 saturated heterocycles. The molecule has 1 saturated carbocycles. The third-order valence-corrected chi connectivity index (χ3v) is 2.47. The molecule has 1 fully saturated rings. The van der Waals surface area contributed by atoms with Crippen molar-refractivity contribution in [1.29, 1.82) is 0 Å². The molecular formula is C7H10O4. The van der Waals surface area contributed by atoms with Crippen molar-refractivity contribution < 1.29 is 19.8 Å². The largest absolute Gasteiger partial charge is 0.480 e. The summed E-state index contributed by atoms with van der Waals surface area (Å²) < 4.78 is 0. The second-order valence-electron chi connectivity index (χ2n) is 3.58. The molecule has 2 N–H and O–H groups in total. The number of carboxylic acid groups (broad SMARTS) is 2. The number of hydrogen-bond donors (Lipinski definition) is 2. The van der Waals surface area contributed by atoms with Gasteiger partial charge in [0.1, 0.15) is 0 Å². The molecule has 4 nitrogen and oxygen atoms in total. The minimum absolute atomic E-state index is 0.227. The maximum Gasteiger partial charge on any atom is 0.321 e. The molecule has 11 heavy (non-hydrogen) atoms. The lowest BCUT2D eigenvalue weighted by Gasteiger charge is -2.08. The van der Waals surface area contributed by atoms with Gasteiger partial charge in [-0.1, -0.05) is 13.8 Å². The van der Waals surface area contributed by atoms with E-state index in [9.17, 15) is 9.59 Å². The van der Waals surface area contributed by atoms with E-state index in [0.717, 1.165) is 0 Å². The van der Waals surface area contributed by atoms with Crippen LogP contribution in [0.25, 0.3) is 0 Å². The van der Waals surface area contributed by atoms with Gasteiger partial charge in [0.05, 0.1) is 0 Å². The Morgan fingerprint density at radius 3 is 1.45 bits per heavy atom. The Hall–Kier alpha value is -1.06. The Morgan fingerprint density at radius 2 is 1.45 bits per heavy atom. The van der Waals surface area contributed by atoms with Gasteiger partial charge in [-0.3, -0.25) is 9.59 Å². The first kappa shape index (κ1) is 8.04. The number of aliphatic carboxylic acids is 2. The van der Waals surface area contributed by atoms with E-state index in [1.165, 1.54) is 0 Å². The van der Waals surface area contributed by atoms with Crippen LogP contribution in [0.2, 0.25) is 0 Å². The van der Waals surface area contributed by atoms with E-state index in [-0.39, 0.29) is 6.42 Å². The molecule has 1 aliphatic rings. The number of carboxylic acids is 2. The third kappa shape index (κ3) is 0.751. The van der Waals surface area contributed by atoms with Gasteiger partial charge < -0.3 is 10.2 Å². The van der Waals surface area contributed by atoms with Gasteiger partial charge in [-0.2, -0.15) is 0 Å². The van der Waals surface area contributed by atoms with E-state index >= 15 is 0 Å². The van der Waals surface area contributed by atoms with Crippen molar-refractivity contribution in [1.82, 2.24) is 0 Å². The van der Waals surface area contributed by atoms with Gasteiger partial charge in [-0.05, 0) is 11.8 Å². The molecule has 1 aliphatic carbocycles. The summed E-state index contributed by atoms with van der Waals surface area (Å²) in [6, 6.07) is 0. The first-order valence-corrected chi connectivity index (χ1v) is 3.31. The van der Waals surface area contributed by atoms with Crippen LogP contribution >= 0.6 is 0 Å². The maximum absolute atomic E-state index is 10.6. The van der Waals surface area contributed by atoms with Crippen LogP contribution in [0.15, 0.2) is 0 Å². The molecule has 0 radical (unpaired) electrons. The standard InChI is InChI=1S/C7H10O4/c1-6(2)3-7(6,4(8)9)5(10)11/h3H2,1-2H3,(H,8,9)(H,10,11). The molecule has 0 atom stereocenters. The minimum atomic E-state index is -1.52. The Balaban J connectivity index is 2.98. The lowest BCUT2D eigenvalue weighted by molar-refractivity contribution is -0.158. The minimum Gasteiger partial charge on any atom is -0.480 e. The van der Waals surface area contributed by atoms with Crippen molar-refractivity contribution in [3.05, 3.63) is 0 Å². The lowest BCUT2D eigenvalue weighted by atomic mass is 9.96. The SMILES string of the molecule is CC1(C)CC1(C(=O)O)C(=O)O. The number of carbonyl (C=O) groups is 2. The van der Waals surface area contributed by atoms with E-state index in [1.807, 2.05) is 0 Å². The fourth-order valence-electron chi connectivity index (χ4n) is 1.44. The summed E-state index contributed by atoms with van der Waals surface area (Å²) in [5.74, 6) is -2.45. The fraction of sp³-hybridized carbons (Fsp3) is 0.714.